The maximum Gasteiger partial charge on any atom is 0.119 e. The van der Waals surface area contributed by atoms with Crippen molar-refractivity contribution in [1.29, 1.82) is 0 Å². The molecule has 0 radical (unpaired) electrons. The van der Waals surface area contributed by atoms with Gasteiger partial charge in [-0.05, 0) is 31.8 Å². The highest BCUT2D eigenvalue weighted by Crippen LogP contribution is 2.13. The first-order chi connectivity index (χ1) is 5.95. The molecular weight excluding hydrogens is 152 g/mol. The fraction of sp³-hybridized carbons (Fsp3) is 0.750. The average molecular weight is 166 g/mol. The fourth-order valence-electron chi connectivity index (χ4n) is 1.68. The van der Waals surface area contributed by atoms with Gasteiger partial charge in [-0.3, -0.25) is 0 Å². The second-order valence-corrected chi connectivity index (χ2v) is 3.35. The molecule has 1 saturated heterocycles. The molecule has 2 heterocycles. The molecule has 0 unspecified atom stereocenters. The molecule has 1 aliphatic rings. The predicted octanol–water partition coefficient (Wildman–Crippen LogP) is 0.278. The van der Waals surface area contributed by atoms with Crippen molar-refractivity contribution in [2.45, 2.75) is 19.4 Å². The lowest BCUT2D eigenvalue weighted by atomic mass is 9.98. The van der Waals surface area contributed by atoms with Crippen molar-refractivity contribution < 1.29 is 0 Å². The number of nitrogens with zero attached hydrogens (tertiary/aromatic N) is 3. The van der Waals surface area contributed by atoms with Crippen LogP contribution in [0.3, 0.4) is 0 Å². The maximum absolute atomic E-state index is 3.79. The van der Waals surface area contributed by atoms with Crippen molar-refractivity contribution >= 4 is 0 Å². The summed E-state index contributed by atoms with van der Waals surface area (Å²) in [5.74, 6) is 0.808. The highest BCUT2D eigenvalue weighted by Gasteiger charge is 2.12. The van der Waals surface area contributed by atoms with E-state index in [1.54, 1.807) is 12.7 Å². The minimum atomic E-state index is 0.808. The normalized spacial score (nSPS) is 19.7. The first-order valence-electron chi connectivity index (χ1n) is 4.48. The van der Waals surface area contributed by atoms with Crippen LogP contribution in [0.2, 0.25) is 0 Å². The van der Waals surface area contributed by atoms with Gasteiger partial charge in [0.2, 0.25) is 0 Å². The molecule has 2 rings (SSSR count). The second-order valence-electron chi connectivity index (χ2n) is 3.35. The number of hydrogen-bond donors (Lipinski definition) is 1. The Bertz CT molecular complexity index is 213. The molecule has 1 fully saturated rings. The van der Waals surface area contributed by atoms with Crippen LogP contribution in [0.15, 0.2) is 12.7 Å². The van der Waals surface area contributed by atoms with Gasteiger partial charge in [-0.25, -0.2) is 0 Å². The fourth-order valence-corrected chi connectivity index (χ4v) is 1.68. The van der Waals surface area contributed by atoms with Gasteiger partial charge in [0, 0.05) is 6.54 Å². The monoisotopic (exact) mass is 166 g/mol. The van der Waals surface area contributed by atoms with Gasteiger partial charge in [-0.2, -0.15) is 0 Å². The van der Waals surface area contributed by atoms with E-state index in [2.05, 4.69) is 20.1 Å². The van der Waals surface area contributed by atoms with Gasteiger partial charge in [0.1, 0.15) is 12.7 Å². The van der Waals surface area contributed by atoms with Crippen LogP contribution in [-0.4, -0.2) is 27.9 Å². The predicted molar refractivity (Wildman–Crippen MR) is 45.6 cm³/mol. The lowest BCUT2D eigenvalue weighted by Gasteiger charge is -2.22. The van der Waals surface area contributed by atoms with Crippen LogP contribution in [0, 0.1) is 5.92 Å². The third kappa shape index (κ3) is 1.82. The van der Waals surface area contributed by atoms with Gasteiger partial charge >= 0.3 is 0 Å². The summed E-state index contributed by atoms with van der Waals surface area (Å²) < 4.78 is 2.07. The zero-order valence-corrected chi connectivity index (χ0v) is 7.11. The van der Waals surface area contributed by atoms with E-state index in [4.69, 9.17) is 0 Å². The molecule has 0 aliphatic carbocycles. The van der Waals surface area contributed by atoms with Gasteiger partial charge in [0.05, 0.1) is 0 Å². The van der Waals surface area contributed by atoms with Gasteiger partial charge < -0.3 is 9.88 Å². The molecule has 0 atom stereocenters. The van der Waals surface area contributed by atoms with E-state index in [0.29, 0.717) is 0 Å². The van der Waals surface area contributed by atoms with Crippen LogP contribution in [0.4, 0.5) is 0 Å². The van der Waals surface area contributed by atoms with Gasteiger partial charge in [0.15, 0.2) is 0 Å². The van der Waals surface area contributed by atoms with Gasteiger partial charge in [0.25, 0.3) is 0 Å². The highest BCUT2D eigenvalue weighted by atomic mass is 15.2. The van der Waals surface area contributed by atoms with Crippen LogP contribution in [0.1, 0.15) is 12.8 Å². The molecular formula is C8H14N4. The van der Waals surface area contributed by atoms with Crippen LogP contribution in [-0.2, 0) is 6.54 Å². The van der Waals surface area contributed by atoms with Crippen molar-refractivity contribution in [3.05, 3.63) is 12.7 Å². The SMILES string of the molecule is c1nncn1CC1CCNCC1. The zero-order chi connectivity index (χ0) is 8.23. The van der Waals surface area contributed by atoms with Gasteiger partial charge in [-0.15, -0.1) is 10.2 Å². The number of piperidine rings is 1. The summed E-state index contributed by atoms with van der Waals surface area (Å²) in [6, 6.07) is 0. The van der Waals surface area contributed by atoms with Crippen LogP contribution >= 0.6 is 0 Å². The summed E-state index contributed by atoms with van der Waals surface area (Å²) in [7, 11) is 0. The summed E-state index contributed by atoms with van der Waals surface area (Å²) in [6.45, 7) is 3.40. The third-order valence-corrected chi connectivity index (χ3v) is 2.39. The zero-order valence-electron chi connectivity index (χ0n) is 7.11. The molecule has 0 spiro atoms. The molecule has 1 aromatic heterocycles. The smallest absolute Gasteiger partial charge is 0.119 e. The molecule has 12 heavy (non-hydrogen) atoms. The van der Waals surface area contributed by atoms with Crippen LogP contribution < -0.4 is 5.32 Å². The third-order valence-electron chi connectivity index (χ3n) is 2.39. The van der Waals surface area contributed by atoms with E-state index in [9.17, 15) is 0 Å². The van der Waals surface area contributed by atoms with Gasteiger partial charge in [-0.1, -0.05) is 0 Å². The first kappa shape index (κ1) is 7.73. The van der Waals surface area contributed by atoms with Crippen molar-refractivity contribution in [3.8, 4) is 0 Å². The van der Waals surface area contributed by atoms with Crippen molar-refractivity contribution in [3.63, 3.8) is 0 Å². The topological polar surface area (TPSA) is 42.7 Å². The van der Waals surface area contributed by atoms with Crippen LogP contribution in [0.5, 0.6) is 0 Å². The van der Waals surface area contributed by atoms with E-state index >= 15 is 0 Å². The van der Waals surface area contributed by atoms with Crippen LogP contribution in [0.25, 0.3) is 0 Å². The average Bonchev–Trinajstić information content (AvgIpc) is 2.59. The molecule has 66 valence electrons. The number of aromatic nitrogens is 3. The molecule has 1 aliphatic heterocycles. The van der Waals surface area contributed by atoms with E-state index in [-0.39, 0.29) is 0 Å². The second kappa shape index (κ2) is 3.67. The minimum Gasteiger partial charge on any atom is -0.320 e. The molecule has 0 amide bonds. The summed E-state index contributed by atoms with van der Waals surface area (Å²) in [4.78, 5) is 0. The largest absolute Gasteiger partial charge is 0.320 e. The molecule has 0 bridgehead atoms. The number of rotatable bonds is 2. The number of nitrogens with one attached hydrogen (secondary N) is 1. The Morgan fingerprint density at radius 1 is 1.25 bits per heavy atom. The summed E-state index contributed by atoms with van der Waals surface area (Å²) in [5.41, 5.74) is 0. The standard InChI is InChI=1S/C8H14N4/c1-3-9-4-2-8(1)5-12-6-10-11-7-12/h6-9H,1-5H2. The van der Waals surface area contributed by atoms with E-state index in [1.807, 2.05) is 0 Å². The molecule has 4 heteroatoms. The van der Waals surface area contributed by atoms with E-state index in [0.717, 1.165) is 25.6 Å². The van der Waals surface area contributed by atoms with E-state index in [1.165, 1.54) is 12.8 Å². The molecule has 0 aromatic carbocycles. The Morgan fingerprint density at radius 2 is 1.92 bits per heavy atom. The summed E-state index contributed by atoms with van der Waals surface area (Å²) >= 11 is 0. The highest BCUT2D eigenvalue weighted by molar-refractivity contribution is 4.71. The Hall–Kier alpha value is -0.900. The molecule has 1 N–H and O–H groups in total. The Morgan fingerprint density at radius 3 is 2.58 bits per heavy atom. The lowest BCUT2D eigenvalue weighted by Crippen LogP contribution is -2.29. The van der Waals surface area contributed by atoms with Crippen molar-refractivity contribution in [1.82, 2.24) is 20.1 Å². The molecule has 1 aromatic rings. The maximum atomic E-state index is 3.79. The number of hydrogen-bond acceptors (Lipinski definition) is 3. The molecule has 4 nitrogen and oxygen atoms in total. The first-order valence-corrected chi connectivity index (χ1v) is 4.48. The Balaban J connectivity index is 1.86. The Kier molecular flexibility index (Phi) is 2.36. The Labute approximate surface area is 72.0 Å². The quantitative estimate of drug-likeness (QED) is 0.686. The minimum absolute atomic E-state index is 0.808. The van der Waals surface area contributed by atoms with Crippen molar-refractivity contribution in [2.75, 3.05) is 13.1 Å². The van der Waals surface area contributed by atoms with E-state index < -0.39 is 0 Å². The summed E-state index contributed by atoms with van der Waals surface area (Å²) in [6.07, 6.45) is 6.14. The molecule has 0 saturated carbocycles. The van der Waals surface area contributed by atoms with Crippen molar-refractivity contribution in [2.24, 2.45) is 5.92 Å². The summed E-state index contributed by atoms with van der Waals surface area (Å²) in [5, 5.41) is 10.9. The lowest BCUT2D eigenvalue weighted by molar-refractivity contribution is 0.333.